The lowest BCUT2D eigenvalue weighted by atomic mass is 10.0. The van der Waals surface area contributed by atoms with E-state index in [1.165, 1.54) is 18.3 Å². The molecule has 0 amide bonds. The average molecular weight is 396 g/mol. The fraction of sp³-hybridized carbons (Fsp3) is 0.0714. The van der Waals surface area contributed by atoms with Gasteiger partial charge in [-0.15, -0.1) is 0 Å². The number of carboxylic acids is 1. The third-order valence-corrected chi connectivity index (χ3v) is 4.82. The standard InChI is InChI=1S/C14H10BrN3O4S/c1-23(21,22)9-5-7(4-8(15)6-9)10-2-3-16-13-11(10)12(14(19)20)17-18-13/h2-6H,1H3,(H,19,20)(H,16,17,18). The van der Waals surface area contributed by atoms with Gasteiger partial charge in [0.2, 0.25) is 0 Å². The number of pyridine rings is 1. The number of aromatic carboxylic acids is 1. The number of carboxylic acid groups (broad SMARTS) is 1. The number of aromatic amines is 1. The third-order valence-electron chi connectivity index (χ3n) is 3.27. The number of hydrogen-bond donors (Lipinski definition) is 2. The zero-order valence-electron chi connectivity index (χ0n) is 11.7. The van der Waals surface area contributed by atoms with Crippen molar-refractivity contribution in [2.24, 2.45) is 0 Å². The van der Waals surface area contributed by atoms with Crippen molar-refractivity contribution in [1.82, 2.24) is 15.2 Å². The number of halogens is 1. The first kappa shape index (κ1) is 15.6. The van der Waals surface area contributed by atoms with Crippen molar-refractivity contribution >= 4 is 42.8 Å². The molecule has 0 saturated heterocycles. The van der Waals surface area contributed by atoms with E-state index in [0.29, 0.717) is 26.6 Å². The first-order chi connectivity index (χ1) is 10.8. The number of benzene rings is 1. The Morgan fingerprint density at radius 3 is 2.70 bits per heavy atom. The number of carbonyl (C=O) groups is 1. The van der Waals surface area contributed by atoms with Gasteiger partial charge in [-0.2, -0.15) is 5.10 Å². The van der Waals surface area contributed by atoms with Crippen LogP contribution < -0.4 is 0 Å². The summed E-state index contributed by atoms with van der Waals surface area (Å²) in [6, 6.07) is 6.32. The first-order valence-electron chi connectivity index (χ1n) is 6.35. The average Bonchev–Trinajstić information content (AvgIpc) is 2.89. The lowest BCUT2D eigenvalue weighted by molar-refractivity contribution is 0.0692. The van der Waals surface area contributed by atoms with Crippen molar-refractivity contribution in [3.63, 3.8) is 0 Å². The van der Waals surface area contributed by atoms with Crippen LogP contribution in [-0.2, 0) is 9.84 Å². The van der Waals surface area contributed by atoms with Crippen LogP contribution in [0.2, 0.25) is 0 Å². The minimum absolute atomic E-state index is 0.132. The van der Waals surface area contributed by atoms with Crippen LogP contribution in [0.4, 0.5) is 0 Å². The van der Waals surface area contributed by atoms with E-state index in [1.54, 1.807) is 12.1 Å². The zero-order valence-corrected chi connectivity index (χ0v) is 14.1. The van der Waals surface area contributed by atoms with Gasteiger partial charge in [0.25, 0.3) is 0 Å². The van der Waals surface area contributed by atoms with E-state index in [2.05, 4.69) is 31.1 Å². The third kappa shape index (κ3) is 2.84. The van der Waals surface area contributed by atoms with Crippen molar-refractivity contribution in [2.75, 3.05) is 6.26 Å². The molecule has 0 aliphatic carbocycles. The first-order valence-corrected chi connectivity index (χ1v) is 9.03. The van der Waals surface area contributed by atoms with E-state index in [-0.39, 0.29) is 10.6 Å². The fourth-order valence-corrected chi connectivity index (χ4v) is 3.61. The van der Waals surface area contributed by atoms with Crippen LogP contribution in [0.3, 0.4) is 0 Å². The summed E-state index contributed by atoms with van der Waals surface area (Å²) in [6.07, 6.45) is 2.61. The molecule has 2 aromatic heterocycles. The van der Waals surface area contributed by atoms with Gasteiger partial charge in [-0.05, 0) is 35.4 Å². The summed E-state index contributed by atoms with van der Waals surface area (Å²) in [6.45, 7) is 0. The molecule has 0 fully saturated rings. The lowest BCUT2D eigenvalue weighted by Crippen LogP contribution is -1.99. The molecule has 2 N–H and O–H groups in total. The topological polar surface area (TPSA) is 113 Å². The summed E-state index contributed by atoms with van der Waals surface area (Å²) in [5.41, 5.74) is 1.24. The molecule has 0 spiro atoms. The maximum atomic E-state index is 11.8. The summed E-state index contributed by atoms with van der Waals surface area (Å²) < 4.78 is 24.2. The summed E-state index contributed by atoms with van der Waals surface area (Å²) >= 11 is 3.29. The molecule has 9 heteroatoms. The van der Waals surface area contributed by atoms with Gasteiger partial charge < -0.3 is 5.11 Å². The maximum absolute atomic E-state index is 11.8. The van der Waals surface area contributed by atoms with Crippen molar-refractivity contribution in [3.05, 3.63) is 40.6 Å². The summed E-state index contributed by atoms with van der Waals surface area (Å²) in [5, 5.41) is 15.9. The second-order valence-corrected chi connectivity index (χ2v) is 7.84. The van der Waals surface area contributed by atoms with E-state index in [1.807, 2.05) is 0 Å². The molecule has 0 unspecified atom stereocenters. The molecule has 118 valence electrons. The lowest BCUT2D eigenvalue weighted by Gasteiger charge is -2.07. The van der Waals surface area contributed by atoms with Crippen LogP contribution in [-0.4, -0.2) is 40.9 Å². The van der Waals surface area contributed by atoms with Crippen LogP contribution in [0.15, 0.2) is 39.8 Å². The van der Waals surface area contributed by atoms with Crippen LogP contribution >= 0.6 is 15.9 Å². The highest BCUT2D eigenvalue weighted by atomic mass is 79.9. The molecule has 3 rings (SSSR count). The number of sulfone groups is 1. The number of nitrogens with zero attached hydrogens (tertiary/aromatic N) is 2. The molecule has 0 atom stereocenters. The van der Waals surface area contributed by atoms with Crippen molar-refractivity contribution in [1.29, 1.82) is 0 Å². The Morgan fingerprint density at radius 2 is 2.04 bits per heavy atom. The van der Waals surface area contributed by atoms with Gasteiger partial charge in [-0.3, -0.25) is 5.10 Å². The highest BCUT2D eigenvalue weighted by Crippen LogP contribution is 2.32. The molecular weight excluding hydrogens is 386 g/mol. The molecule has 3 aromatic rings. The fourth-order valence-electron chi connectivity index (χ4n) is 2.28. The minimum Gasteiger partial charge on any atom is -0.476 e. The molecular formula is C14H10BrN3O4S. The second-order valence-electron chi connectivity index (χ2n) is 4.91. The number of H-pyrrole nitrogens is 1. The molecule has 0 radical (unpaired) electrons. The Balaban J connectivity index is 2.35. The van der Waals surface area contributed by atoms with Gasteiger partial charge in [0.1, 0.15) is 0 Å². The largest absolute Gasteiger partial charge is 0.476 e. The Kier molecular flexibility index (Phi) is 3.69. The monoisotopic (exact) mass is 395 g/mol. The van der Waals surface area contributed by atoms with Crippen LogP contribution in [0.5, 0.6) is 0 Å². The highest BCUT2D eigenvalue weighted by Gasteiger charge is 2.19. The van der Waals surface area contributed by atoms with E-state index >= 15 is 0 Å². The minimum atomic E-state index is -3.41. The van der Waals surface area contributed by atoms with E-state index < -0.39 is 15.8 Å². The van der Waals surface area contributed by atoms with Gasteiger partial charge in [0, 0.05) is 16.9 Å². The summed E-state index contributed by atoms with van der Waals surface area (Å²) in [4.78, 5) is 15.5. The molecule has 1 aromatic carbocycles. The number of aromatic nitrogens is 3. The van der Waals surface area contributed by atoms with Gasteiger partial charge in [-0.1, -0.05) is 15.9 Å². The highest BCUT2D eigenvalue weighted by molar-refractivity contribution is 9.10. The molecule has 0 aliphatic rings. The van der Waals surface area contributed by atoms with Crippen molar-refractivity contribution in [2.45, 2.75) is 4.90 Å². The van der Waals surface area contributed by atoms with Gasteiger partial charge in [-0.25, -0.2) is 18.2 Å². The quantitative estimate of drug-likeness (QED) is 0.703. The van der Waals surface area contributed by atoms with Crippen LogP contribution in [0, 0.1) is 0 Å². The number of nitrogens with one attached hydrogen (secondary N) is 1. The van der Waals surface area contributed by atoms with Crippen LogP contribution in [0.1, 0.15) is 10.5 Å². The van der Waals surface area contributed by atoms with Crippen LogP contribution in [0.25, 0.3) is 22.2 Å². The number of rotatable bonds is 3. The van der Waals surface area contributed by atoms with Crippen molar-refractivity contribution in [3.8, 4) is 11.1 Å². The molecule has 23 heavy (non-hydrogen) atoms. The van der Waals surface area contributed by atoms with Gasteiger partial charge in [0.05, 0.1) is 10.3 Å². The second kappa shape index (κ2) is 5.43. The molecule has 2 heterocycles. The maximum Gasteiger partial charge on any atom is 0.357 e. The van der Waals surface area contributed by atoms with E-state index in [4.69, 9.17) is 0 Å². The Hall–Kier alpha value is -2.26. The SMILES string of the molecule is CS(=O)(=O)c1cc(Br)cc(-c2ccnc3[nH]nc(C(=O)O)c23)c1. The van der Waals surface area contributed by atoms with E-state index in [0.717, 1.165) is 6.26 Å². The smallest absolute Gasteiger partial charge is 0.357 e. The number of hydrogen-bond acceptors (Lipinski definition) is 5. The molecule has 0 saturated carbocycles. The van der Waals surface area contributed by atoms with Gasteiger partial charge in [0.15, 0.2) is 21.2 Å². The Morgan fingerprint density at radius 1 is 1.30 bits per heavy atom. The van der Waals surface area contributed by atoms with Gasteiger partial charge >= 0.3 is 5.97 Å². The molecule has 0 aliphatic heterocycles. The van der Waals surface area contributed by atoms with E-state index in [9.17, 15) is 18.3 Å². The predicted octanol–water partition coefficient (Wildman–Crippen LogP) is 2.49. The normalized spacial score (nSPS) is 11.7. The summed E-state index contributed by atoms with van der Waals surface area (Å²) in [5.74, 6) is -1.19. The Labute approximate surface area is 139 Å². The molecule has 7 nitrogen and oxygen atoms in total. The Bertz CT molecular complexity index is 1040. The van der Waals surface area contributed by atoms with Crippen molar-refractivity contribution < 1.29 is 18.3 Å². The zero-order chi connectivity index (χ0) is 16.8. The summed E-state index contributed by atoms with van der Waals surface area (Å²) in [7, 11) is -3.41. The number of fused-ring (bicyclic) bond motifs is 1. The molecule has 0 bridgehead atoms. The predicted molar refractivity (Wildman–Crippen MR) is 87.1 cm³/mol.